The van der Waals surface area contributed by atoms with E-state index in [0.717, 1.165) is 12.1 Å². The SMILES string of the molecule is CCC(CC)(CBr)NS(=O)(=O)c1ccccc1C(F)(F)F. The van der Waals surface area contributed by atoms with Crippen molar-refractivity contribution in [3.8, 4) is 0 Å². The number of sulfonamides is 1. The molecule has 1 rings (SSSR count). The Hall–Kier alpha value is -0.600. The Bertz CT molecular complexity index is 575. The van der Waals surface area contributed by atoms with E-state index in [1.54, 1.807) is 13.8 Å². The Morgan fingerprint density at radius 2 is 1.67 bits per heavy atom. The Morgan fingerprint density at radius 3 is 2.10 bits per heavy atom. The van der Waals surface area contributed by atoms with Crippen LogP contribution in [0, 0.1) is 0 Å². The van der Waals surface area contributed by atoms with E-state index in [9.17, 15) is 21.6 Å². The molecular weight excluding hydrogens is 371 g/mol. The van der Waals surface area contributed by atoms with E-state index in [-0.39, 0.29) is 0 Å². The van der Waals surface area contributed by atoms with Crippen LogP contribution >= 0.6 is 15.9 Å². The van der Waals surface area contributed by atoms with E-state index in [1.807, 2.05) is 0 Å². The molecule has 0 aliphatic rings. The van der Waals surface area contributed by atoms with Gasteiger partial charge in [0.25, 0.3) is 0 Å². The first-order valence-corrected chi connectivity index (χ1v) is 8.98. The van der Waals surface area contributed by atoms with Gasteiger partial charge in [0.15, 0.2) is 0 Å². The Morgan fingerprint density at radius 1 is 1.14 bits per heavy atom. The lowest BCUT2D eigenvalue weighted by molar-refractivity contribution is -0.139. The van der Waals surface area contributed by atoms with Crippen molar-refractivity contribution in [1.29, 1.82) is 0 Å². The van der Waals surface area contributed by atoms with E-state index >= 15 is 0 Å². The van der Waals surface area contributed by atoms with Crippen molar-refractivity contribution in [3.05, 3.63) is 29.8 Å². The van der Waals surface area contributed by atoms with Crippen LogP contribution in [0.4, 0.5) is 13.2 Å². The summed E-state index contributed by atoms with van der Waals surface area (Å²) in [6.07, 6.45) is -3.80. The summed E-state index contributed by atoms with van der Waals surface area (Å²) < 4.78 is 66.0. The summed E-state index contributed by atoms with van der Waals surface area (Å²) in [6, 6.07) is 4.18. The minimum Gasteiger partial charge on any atom is -0.207 e. The van der Waals surface area contributed by atoms with Gasteiger partial charge in [0.2, 0.25) is 10.0 Å². The van der Waals surface area contributed by atoms with Crippen molar-refractivity contribution in [2.75, 3.05) is 5.33 Å². The summed E-state index contributed by atoms with van der Waals surface area (Å²) in [5.41, 5.74) is -1.97. The first-order valence-electron chi connectivity index (χ1n) is 6.38. The Balaban J connectivity index is 3.33. The van der Waals surface area contributed by atoms with Gasteiger partial charge in [-0.3, -0.25) is 0 Å². The molecule has 0 bridgehead atoms. The molecular formula is C13H17BrF3NO2S. The van der Waals surface area contributed by atoms with Crippen molar-refractivity contribution in [1.82, 2.24) is 4.72 Å². The molecule has 0 saturated carbocycles. The van der Waals surface area contributed by atoms with Crippen LogP contribution in [0.15, 0.2) is 29.2 Å². The van der Waals surface area contributed by atoms with Crippen LogP contribution in [0.1, 0.15) is 32.3 Å². The summed E-state index contributed by atoms with van der Waals surface area (Å²) in [7, 11) is -4.27. The highest BCUT2D eigenvalue weighted by Crippen LogP contribution is 2.34. The van der Waals surface area contributed by atoms with Crippen molar-refractivity contribution in [3.63, 3.8) is 0 Å². The quantitative estimate of drug-likeness (QED) is 0.751. The van der Waals surface area contributed by atoms with Crippen LogP contribution in [-0.4, -0.2) is 19.3 Å². The molecule has 0 aromatic heterocycles. The fourth-order valence-electron chi connectivity index (χ4n) is 1.89. The average molecular weight is 388 g/mol. The van der Waals surface area contributed by atoms with Gasteiger partial charge in [0.1, 0.15) is 0 Å². The maximum absolute atomic E-state index is 13.0. The van der Waals surface area contributed by atoms with Gasteiger partial charge in [-0.25, -0.2) is 13.1 Å². The number of benzene rings is 1. The minimum absolute atomic E-state index is 0.320. The number of hydrogen-bond acceptors (Lipinski definition) is 2. The first kappa shape index (κ1) is 18.4. The molecule has 0 fully saturated rings. The Labute approximate surface area is 131 Å². The molecule has 3 nitrogen and oxygen atoms in total. The van der Waals surface area contributed by atoms with Gasteiger partial charge < -0.3 is 0 Å². The summed E-state index contributed by atoms with van der Waals surface area (Å²) >= 11 is 3.23. The molecule has 1 aromatic rings. The third kappa shape index (κ3) is 4.20. The monoisotopic (exact) mass is 387 g/mol. The first-order chi connectivity index (χ1) is 9.62. The van der Waals surface area contributed by atoms with Crippen molar-refractivity contribution >= 4 is 26.0 Å². The summed E-state index contributed by atoms with van der Waals surface area (Å²) in [5.74, 6) is 0. The van der Waals surface area contributed by atoms with Gasteiger partial charge >= 0.3 is 6.18 Å². The molecule has 1 aromatic carbocycles. The molecule has 21 heavy (non-hydrogen) atoms. The third-order valence-electron chi connectivity index (χ3n) is 3.44. The molecule has 0 amide bonds. The van der Waals surface area contributed by atoms with Gasteiger partial charge in [0.05, 0.1) is 10.5 Å². The fraction of sp³-hybridized carbons (Fsp3) is 0.538. The predicted molar refractivity (Wildman–Crippen MR) is 78.9 cm³/mol. The van der Waals surface area contributed by atoms with Crippen molar-refractivity contribution in [2.24, 2.45) is 0 Å². The molecule has 120 valence electrons. The molecule has 0 aliphatic carbocycles. The van der Waals surface area contributed by atoms with Gasteiger partial charge in [0, 0.05) is 10.9 Å². The van der Waals surface area contributed by atoms with Crippen LogP contribution in [0.2, 0.25) is 0 Å². The van der Waals surface area contributed by atoms with E-state index < -0.39 is 32.2 Å². The lowest BCUT2D eigenvalue weighted by atomic mass is 9.97. The van der Waals surface area contributed by atoms with Crippen LogP contribution in [0.25, 0.3) is 0 Å². The molecule has 0 heterocycles. The second-order valence-electron chi connectivity index (χ2n) is 4.72. The van der Waals surface area contributed by atoms with Crippen molar-refractivity contribution in [2.45, 2.75) is 43.3 Å². The van der Waals surface area contributed by atoms with E-state index in [0.29, 0.717) is 18.2 Å². The van der Waals surface area contributed by atoms with Crippen LogP contribution in [0.5, 0.6) is 0 Å². The molecule has 8 heteroatoms. The van der Waals surface area contributed by atoms with Gasteiger partial charge in [-0.15, -0.1) is 0 Å². The molecule has 0 atom stereocenters. The van der Waals surface area contributed by atoms with Gasteiger partial charge in [-0.2, -0.15) is 13.2 Å². The highest BCUT2D eigenvalue weighted by Gasteiger charge is 2.39. The highest BCUT2D eigenvalue weighted by atomic mass is 79.9. The van der Waals surface area contributed by atoms with E-state index in [4.69, 9.17) is 0 Å². The molecule has 0 saturated heterocycles. The average Bonchev–Trinajstić information content (AvgIpc) is 2.44. The summed E-state index contributed by atoms with van der Waals surface area (Å²) in [4.78, 5) is -0.746. The Kier molecular flexibility index (Phi) is 5.85. The minimum atomic E-state index is -4.72. The van der Waals surface area contributed by atoms with Crippen LogP contribution in [-0.2, 0) is 16.2 Å². The number of hydrogen-bond donors (Lipinski definition) is 1. The zero-order chi connectivity index (χ0) is 16.3. The fourth-order valence-corrected chi connectivity index (χ4v) is 4.78. The topological polar surface area (TPSA) is 46.2 Å². The zero-order valence-corrected chi connectivity index (χ0v) is 14.1. The number of alkyl halides is 4. The third-order valence-corrected chi connectivity index (χ3v) is 6.15. The predicted octanol–water partition coefficient (Wildman–Crippen LogP) is 3.94. The number of halogens is 4. The molecule has 0 aliphatic heterocycles. The number of nitrogens with one attached hydrogen (secondary N) is 1. The normalized spacial score (nSPS) is 13.4. The smallest absolute Gasteiger partial charge is 0.207 e. The summed E-state index contributed by atoms with van der Waals surface area (Å²) in [5, 5.41) is 0.320. The zero-order valence-electron chi connectivity index (χ0n) is 11.7. The van der Waals surface area contributed by atoms with E-state index in [1.165, 1.54) is 12.1 Å². The van der Waals surface area contributed by atoms with Gasteiger partial charge in [-0.1, -0.05) is 41.9 Å². The largest absolute Gasteiger partial charge is 0.417 e. The standard InChI is InChI=1S/C13H17BrF3NO2S/c1-3-12(4-2,9-14)18-21(19,20)11-8-6-5-7-10(11)13(15,16)17/h5-8,18H,3-4,9H2,1-2H3. The van der Waals surface area contributed by atoms with Crippen LogP contribution in [0.3, 0.4) is 0 Å². The lowest BCUT2D eigenvalue weighted by Gasteiger charge is -2.30. The summed E-state index contributed by atoms with van der Waals surface area (Å²) in [6.45, 7) is 3.56. The maximum Gasteiger partial charge on any atom is 0.417 e. The molecule has 0 spiro atoms. The molecule has 1 N–H and O–H groups in total. The maximum atomic E-state index is 13.0. The lowest BCUT2D eigenvalue weighted by Crippen LogP contribution is -2.49. The molecule has 0 radical (unpaired) electrons. The van der Waals surface area contributed by atoms with Gasteiger partial charge in [-0.05, 0) is 25.0 Å². The second kappa shape index (κ2) is 6.66. The second-order valence-corrected chi connectivity index (χ2v) is 6.93. The van der Waals surface area contributed by atoms with E-state index in [2.05, 4.69) is 20.7 Å². The molecule has 0 unspecified atom stereocenters. The van der Waals surface area contributed by atoms with Crippen LogP contribution < -0.4 is 4.72 Å². The number of rotatable bonds is 6. The van der Waals surface area contributed by atoms with Crippen molar-refractivity contribution < 1.29 is 21.6 Å². The highest BCUT2D eigenvalue weighted by molar-refractivity contribution is 9.09.